The van der Waals surface area contributed by atoms with Gasteiger partial charge in [0.15, 0.2) is 0 Å². The van der Waals surface area contributed by atoms with Crippen LogP contribution in [0.25, 0.3) is 0 Å². The highest BCUT2D eigenvalue weighted by Crippen LogP contribution is 2.28. The zero-order valence-electron chi connectivity index (χ0n) is 7.80. The van der Waals surface area contributed by atoms with Gasteiger partial charge in [0, 0.05) is 6.92 Å². The average molecular weight is 185 g/mol. The summed E-state index contributed by atoms with van der Waals surface area (Å²) >= 11 is 0. The fourth-order valence-electron chi connectivity index (χ4n) is 1.88. The second-order valence-corrected chi connectivity index (χ2v) is 3.63. The number of aliphatic carboxylic acids is 1. The van der Waals surface area contributed by atoms with Crippen molar-refractivity contribution in [2.75, 3.05) is 0 Å². The third-order valence-corrected chi connectivity index (χ3v) is 2.53. The van der Waals surface area contributed by atoms with Crippen LogP contribution in [0.3, 0.4) is 0 Å². The summed E-state index contributed by atoms with van der Waals surface area (Å²) in [6.45, 7) is 1.36. The highest BCUT2D eigenvalue weighted by Gasteiger charge is 2.40. The maximum Gasteiger partial charge on any atom is 0.329 e. The monoisotopic (exact) mass is 185 g/mol. The Morgan fingerprint density at radius 3 is 2.15 bits per heavy atom. The molecule has 1 aliphatic rings. The van der Waals surface area contributed by atoms with Crippen LogP contribution in [0.15, 0.2) is 0 Å². The van der Waals surface area contributed by atoms with Crippen molar-refractivity contribution in [3.63, 3.8) is 0 Å². The van der Waals surface area contributed by atoms with Crippen LogP contribution in [0, 0.1) is 0 Å². The number of carbonyl (C=O) groups is 2. The Bertz CT molecular complexity index is 219. The lowest BCUT2D eigenvalue weighted by Crippen LogP contribution is -2.54. The molecule has 2 N–H and O–H groups in total. The number of nitrogens with one attached hydrogen (secondary N) is 1. The van der Waals surface area contributed by atoms with Crippen LogP contribution in [0.2, 0.25) is 0 Å². The molecule has 1 amide bonds. The summed E-state index contributed by atoms with van der Waals surface area (Å²) in [6.07, 6.45) is 3.94. The number of hydrogen-bond acceptors (Lipinski definition) is 2. The van der Waals surface area contributed by atoms with Crippen molar-refractivity contribution in [1.82, 2.24) is 5.32 Å². The van der Waals surface area contributed by atoms with Gasteiger partial charge < -0.3 is 10.4 Å². The Balaban J connectivity index is 2.73. The minimum Gasteiger partial charge on any atom is -0.480 e. The highest BCUT2D eigenvalue weighted by atomic mass is 16.4. The van der Waals surface area contributed by atoms with E-state index in [1.165, 1.54) is 6.92 Å². The third kappa shape index (κ3) is 2.20. The molecule has 0 bridgehead atoms. The first kappa shape index (κ1) is 10.0. The molecule has 0 heterocycles. The van der Waals surface area contributed by atoms with Crippen LogP contribution < -0.4 is 5.32 Å². The number of hydrogen-bond donors (Lipinski definition) is 2. The first-order valence-corrected chi connectivity index (χ1v) is 4.59. The minimum absolute atomic E-state index is 0.260. The Kier molecular flexibility index (Phi) is 2.90. The summed E-state index contributed by atoms with van der Waals surface area (Å²) in [5, 5.41) is 11.6. The fourth-order valence-corrected chi connectivity index (χ4v) is 1.88. The molecule has 0 aromatic heterocycles. The van der Waals surface area contributed by atoms with Crippen LogP contribution in [-0.2, 0) is 9.59 Å². The van der Waals surface area contributed by atoms with Crippen molar-refractivity contribution in [2.24, 2.45) is 0 Å². The molecule has 74 valence electrons. The number of amides is 1. The minimum atomic E-state index is -0.982. The Morgan fingerprint density at radius 1 is 1.23 bits per heavy atom. The van der Waals surface area contributed by atoms with Gasteiger partial charge in [-0.2, -0.15) is 0 Å². The van der Waals surface area contributed by atoms with Crippen molar-refractivity contribution < 1.29 is 14.7 Å². The number of rotatable bonds is 2. The van der Waals surface area contributed by atoms with E-state index in [4.69, 9.17) is 5.11 Å². The van der Waals surface area contributed by atoms with Gasteiger partial charge in [-0.1, -0.05) is 19.3 Å². The molecule has 0 aromatic carbocycles. The summed E-state index contributed by atoms with van der Waals surface area (Å²) in [6, 6.07) is 0. The lowest BCUT2D eigenvalue weighted by Gasteiger charge is -2.33. The van der Waals surface area contributed by atoms with E-state index in [-0.39, 0.29) is 5.91 Å². The molecule has 1 saturated carbocycles. The zero-order valence-corrected chi connectivity index (χ0v) is 7.80. The molecule has 4 nitrogen and oxygen atoms in total. The van der Waals surface area contributed by atoms with E-state index in [1.54, 1.807) is 0 Å². The largest absolute Gasteiger partial charge is 0.480 e. The molecular formula is C9H15NO3. The number of carboxylic acids is 1. The summed E-state index contributed by atoms with van der Waals surface area (Å²) in [7, 11) is 0. The van der Waals surface area contributed by atoms with Crippen LogP contribution in [0.4, 0.5) is 0 Å². The van der Waals surface area contributed by atoms with Gasteiger partial charge >= 0.3 is 5.97 Å². The van der Waals surface area contributed by atoms with E-state index in [0.29, 0.717) is 12.8 Å². The van der Waals surface area contributed by atoms with Gasteiger partial charge in [-0.05, 0) is 12.8 Å². The normalized spacial score (nSPS) is 20.7. The Morgan fingerprint density at radius 2 is 1.77 bits per heavy atom. The molecule has 1 aliphatic carbocycles. The smallest absolute Gasteiger partial charge is 0.329 e. The second-order valence-electron chi connectivity index (χ2n) is 3.63. The summed E-state index contributed by atoms with van der Waals surface area (Å²) in [5.41, 5.74) is -0.982. The average Bonchev–Trinajstić information content (AvgIpc) is 2.04. The van der Waals surface area contributed by atoms with E-state index in [2.05, 4.69) is 5.32 Å². The first-order chi connectivity index (χ1) is 6.07. The van der Waals surface area contributed by atoms with Gasteiger partial charge in [0.25, 0.3) is 0 Å². The molecule has 0 aliphatic heterocycles. The SMILES string of the molecule is CC(=O)NC1(C(=O)O)CCCCC1. The van der Waals surface area contributed by atoms with Gasteiger partial charge in [0.2, 0.25) is 5.91 Å². The van der Waals surface area contributed by atoms with Crippen molar-refractivity contribution in [1.29, 1.82) is 0 Å². The van der Waals surface area contributed by atoms with E-state index >= 15 is 0 Å². The van der Waals surface area contributed by atoms with Crippen LogP contribution >= 0.6 is 0 Å². The second kappa shape index (κ2) is 3.77. The maximum atomic E-state index is 11.0. The van der Waals surface area contributed by atoms with Gasteiger partial charge in [-0.15, -0.1) is 0 Å². The molecule has 0 atom stereocenters. The van der Waals surface area contributed by atoms with Gasteiger partial charge in [0.05, 0.1) is 0 Å². The van der Waals surface area contributed by atoms with E-state index < -0.39 is 11.5 Å². The van der Waals surface area contributed by atoms with Crippen LogP contribution in [0.1, 0.15) is 39.0 Å². The lowest BCUT2D eigenvalue weighted by atomic mass is 9.81. The molecule has 0 saturated heterocycles. The summed E-state index contributed by atoms with van der Waals surface area (Å²) < 4.78 is 0. The Hall–Kier alpha value is -1.06. The molecule has 0 spiro atoms. The molecule has 4 heteroatoms. The van der Waals surface area contributed by atoms with E-state index in [1.807, 2.05) is 0 Å². The van der Waals surface area contributed by atoms with Crippen molar-refractivity contribution in [3.05, 3.63) is 0 Å². The highest BCUT2D eigenvalue weighted by molar-refractivity contribution is 5.86. The predicted molar refractivity (Wildman–Crippen MR) is 47.3 cm³/mol. The Labute approximate surface area is 77.3 Å². The molecule has 0 radical (unpaired) electrons. The molecule has 1 rings (SSSR count). The molecule has 0 aromatic rings. The predicted octanol–water partition coefficient (Wildman–Crippen LogP) is 0.910. The standard InChI is InChI=1S/C9H15NO3/c1-7(11)10-9(8(12)13)5-3-2-4-6-9/h2-6H2,1H3,(H,10,11)(H,12,13). The van der Waals surface area contributed by atoms with E-state index in [9.17, 15) is 9.59 Å². The quantitative estimate of drug-likeness (QED) is 0.672. The molecular weight excluding hydrogens is 170 g/mol. The van der Waals surface area contributed by atoms with Gasteiger partial charge in [0.1, 0.15) is 5.54 Å². The molecule has 13 heavy (non-hydrogen) atoms. The summed E-state index contributed by atoms with van der Waals surface area (Å²) in [5.74, 6) is -1.16. The summed E-state index contributed by atoms with van der Waals surface area (Å²) in [4.78, 5) is 21.8. The van der Waals surface area contributed by atoms with Crippen molar-refractivity contribution in [2.45, 2.75) is 44.6 Å². The van der Waals surface area contributed by atoms with Crippen molar-refractivity contribution >= 4 is 11.9 Å². The van der Waals surface area contributed by atoms with E-state index in [0.717, 1.165) is 19.3 Å². The number of carbonyl (C=O) groups excluding carboxylic acids is 1. The lowest BCUT2D eigenvalue weighted by molar-refractivity contribution is -0.149. The molecule has 0 unspecified atom stereocenters. The molecule has 1 fully saturated rings. The van der Waals surface area contributed by atoms with Gasteiger partial charge in [-0.25, -0.2) is 4.79 Å². The maximum absolute atomic E-state index is 11.0. The van der Waals surface area contributed by atoms with Crippen LogP contribution in [0.5, 0.6) is 0 Å². The first-order valence-electron chi connectivity index (χ1n) is 4.59. The fraction of sp³-hybridized carbons (Fsp3) is 0.778. The van der Waals surface area contributed by atoms with Crippen LogP contribution in [-0.4, -0.2) is 22.5 Å². The van der Waals surface area contributed by atoms with Gasteiger partial charge in [-0.3, -0.25) is 4.79 Å². The van der Waals surface area contributed by atoms with Crippen molar-refractivity contribution in [3.8, 4) is 0 Å². The topological polar surface area (TPSA) is 66.4 Å². The zero-order chi connectivity index (χ0) is 9.90. The third-order valence-electron chi connectivity index (χ3n) is 2.53. The number of carboxylic acid groups (broad SMARTS) is 1.